The Hall–Kier alpha value is -3.75. The lowest BCUT2D eigenvalue weighted by atomic mass is 10.1. The number of aliphatic carboxylic acids is 3. The highest BCUT2D eigenvalue weighted by atomic mass is 16.4. The number of carboxylic acids is 3. The first kappa shape index (κ1) is 28.3. The largest absolute Gasteiger partial charge is 0.481 e. The molecule has 15 nitrogen and oxygen atoms in total. The van der Waals surface area contributed by atoms with Crippen LogP contribution in [0.3, 0.4) is 0 Å². The maximum Gasteiger partial charge on any atom is 0.326 e. The molecule has 34 heavy (non-hydrogen) atoms. The zero-order valence-corrected chi connectivity index (χ0v) is 18.3. The molecule has 0 aromatic rings. The van der Waals surface area contributed by atoms with E-state index in [0.29, 0.717) is 6.42 Å². The maximum atomic E-state index is 12.9. The molecule has 1 fully saturated rings. The van der Waals surface area contributed by atoms with Gasteiger partial charge in [-0.2, -0.15) is 0 Å². The minimum absolute atomic E-state index is 0.0924. The molecular weight excluding hydrogens is 458 g/mol. The van der Waals surface area contributed by atoms with Gasteiger partial charge >= 0.3 is 17.9 Å². The Balaban J connectivity index is 3.00. The van der Waals surface area contributed by atoms with Gasteiger partial charge in [0.2, 0.25) is 23.6 Å². The smallest absolute Gasteiger partial charge is 0.326 e. The van der Waals surface area contributed by atoms with Crippen LogP contribution in [0, 0.1) is 0 Å². The number of rotatable bonds is 14. The molecular formula is C19H29N5O10. The minimum Gasteiger partial charge on any atom is -0.481 e. The highest BCUT2D eigenvalue weighted by Gasteiger charge is 2.38. The van der Waals surface area contributed by atoms with Crippen LogP contribution in [0.2, 0.25) is 0 Å². The quantitative estimate of drug-likeness (QED) is 0.129. The molecule has 190 valence electrons. The fourth-order valence-electron chi connectivity index (χ4n) is 3.38. The van der Waals surface area contributed by atoms with Crippen LogP contribution < -0.4 is 22.1 Å². The first-order chi connectivity index (χ1) is 15.8. The van der Waals surface area contributed by atoms with Crippen LogP contribution in [-0.2, 0) is 33.6 Å². The van der Waals surface area contributed by atoms with Crippen LogP contribution in [0.5, 0.6) is 0 Å². The Morgan fingerprint density at radius 1 is 0.882 bits per heavy atom. The molecule has 0 aromatic heterocycles. The van der Waals surface area contributed by atoms with Gasteiger partial charge in [-0.15, -0.1) is 0 Å². The fraction of sp³-hybridized carbons (Fsp3) is 0.632. The van der Waals surface area contributed by atoms with E-state index in [1.165, 1.54) is 0 Å². The van der Waals surface area contributed by atoms with E-state index in [1.54, 1.807) is 0 Å². The van der Waals surface area contributed by atoms with E-state index < -0.39 is 85.0 Å². The van der Waals surface area contributed by atoms with Gasteiger partial charge in [0, 0.05) is 19.4 Å². The molecule has 4 amide bonds. The van der Waals surface area contributed by atoms with Gasteiger partial charge < -0.3 is 42.3 Å². The van der Waals surface area contributed by atoms with Crippen molar-refractivity contribution in [3.8, 4) is 0 Å². The first-order valence-corrected chi connectivity index (χ1v) is 10.4. The summed E-state index contributed by atoms with van der Waals surface area (Å²) in [6.07, 6.45) is -1.69. The highest BCUT2D eigenvalue weighted by molar-refractivity contribution is 5.96. The number of nitrogens with one attached hydrogen (secondary N) is 2. The van der Waals surface area contributed by atoms with E-state index in [0.717, 1.165) is 4.90 Å². The molecule has 1 aliphatic rings. The van der Waals surface area contributed by atoms with Crippen molar-refractivity contribution in [2.24, 2.45) is 11.5 Å². The van der Waals surface area contributed by atoms with Crippen LogP contribution >= 0.6 is 0 Å². The van der Waals surface area contributed by atoms with E-state index in [4.69, 9.17) is 21.7 Å². The van der Waals surface area contributed by atoms with Crippen molar-refractivity contribution in [3.63, 3.8) is 0 Å². The van der Waals surface area contributed by atoms with Crippen molar-refractivity contribution < 1.29 is 48.9 Å². The number of nitrogens with zero attached hydrogens (tertiary/aromatic N) is 1. The average molecular weight is 487 g/mol. The van der Waals surface area contributed by atoms with Gasteiger partial charge in [-0.25, -0.2) is 4.79 Å². The third-order valence-electron chi connectivity index (χ3n) is 5.13. The van der Waals surface area contributed by atoms with Crippen molar-refractivity contribution in [2.45, 2.75) is 69.1 Å². The van der Waals surface area contributed by atoms with Crippen molar-refractivity contribution in [2.75, 3.05) is 6.54 Å². The van der Waals surface area contributed by atoms with Crippen LogP contribution in [0.25, 0.3) is 0 Å². The van der Waals surface area contributed by atoms with Gasteiger partial charge in [-0.1, -0.05) is 0 Å². The third kappa shape index (κ3) is 9.01. The number of primary amides is 1. The summed E-state index contributed by atoms with van der Waals surface area (Å²) in [6, 6.07) is -5.49. The number of nitrogens with two attached hydrogens (primary N) is 2. The molecule has 0 saturated carbocycles. The summed E-state index contributed by atoms with van der Waals surface area (Å²) < 4.78 is 0. The van der Waals surface area contributed by atoms with Crippen molar-refractivity contribution in [1.29, 1.82) is 0 Å². The second-order valence-corrected chi connectivity index (χ2v) is 7.79. The SMILES string of the molecule is NC(=O)CC(NC(=O)C(N)CCC(=O)O)C(=O)NC(CCC(=O)O)C(=O)N1CCCC1C(=O)O. The highest BCUT2D eigenvalue weighted by Crippen LogP contribution is 2.19. The van der Waals surface area contributed by atoms with Gasteiger partial charge in [-0.05, 0) is 25.7 Å². The Labute approximate surface area is 193 Å². The predicted molar refractivity (Wildman–Crippen MR) is 112 cm³/mol. The topological polar surface area (TPSA) is 260 Å². The van der Waals surface area contributed by atoms with Crippen LogP contribution in [0.15, 0.2) is 0 Å². The lowest BCUT2D eigenvalue weighted by Crippen LogP contribution is -2.57. The van der Waals surface area contributed by atoms with Crippen LogP contribution in [-0.4, -0.2) is 92.5 Å². The number of hydrogen-bond acceptors (Lipinski definition) is 8. The Kier molecular flexibility index (Phi) is 10.9. The molecule has 0 bridgehead atoms. The lowest BCUT2D eigenvalue weighted by molar-refractivity contribution is -0.150. The monoisotopic (exact) mass is 487 g/mol. The Morgan fingerprint density at radius 2 is 1.44 bits per heavy atom. The second-order valence-electron chi connectivity index (χ2n) is 7.79. The summed E-state index contributed by atoms with van der Waals surface area (Å²) >= 11 is 0. The third-order valence-corrected chi connectivity index (χ3v) is 5.13. The Morgan fingerprint density at radius 3 is 1.97 bits per heavy atom. The predicted octanol–water partition coefficient (Wildman–Crippen LogP) is -3.04. The van der Waals surface area contributed by atoms with Gasteiger partial charge in [0.15, 0.2) is 0 Å². The molecule has 4 unspecified atom stereocenters. The molecule has 0 radical (unpaired) electrons. The number of likely N-dealkylation sites (tertiary alicyclic amines) is 1. The normalized spacial score (nSPS) is 17.8. The first-order valence-electron chi connectivity index (χ1n) is 10.4. The molecule has 0 spiro atoms. The summed E-state index contributed by atoms with van der Waals surface area (Å²) in [5.74, 6) is -7.51. The molecule has 0 aliphatic carbocycles. The van der Waals surface area contributed by atoms with E-state index in [2.05, 4.69) is 10.6 Å². The second kappa shape index (κ2) is 13.1. The lowest BCUT2D eigenvalue weighted by Gasteiger charge is -2.28. The zero-order chi connectivity index (χ0) is 26.0. The zero-order valence-electron chi connectivity index (χ0n) is 18.3. The van der Waals surface area contributed by atoms with Gasteiger partial charge in [-0.3, -0.25) is 28.8 Å². The fourth-order valence-corrected chi connectivity index (χ4v) is 3.38. The molecule has 15 heteroatoms. The summed E-state index contributed by atoms with van der Waals surface area (Å²) in [5.41, 5.74) is 10.7. The molecule has 1 aliphatic heterocycles. The average Bonchev–Trinajstić information content (AvgIpc) is 3.23. The Bertz CT molecular complexity index is 832. The van der Waals surface area contributed by atoms with E-state index in [-0.39, 0.29) is 25.8 Å². The van der Waals surface area contributed by atoms with Gasteiger partial charge in [0.1, 0.15) is 18.1 Å². The van der Waals surface area contributed by atoms with Crippen LogP contribution in [0.1, 0.15) is 44.9 Å². The number of hydrogen-bond donors (Lipinski definition) is 7. The summed E-state index contributed by atoms with van der Waals surface area (Å²) in [5, 5.41) is 31.4. The molecule has 1 saturated heterocycles. The summed E-state index contributed by atoms with van der Waals surface area (Å²) in [6.45, 7) is 0.0924. The van der Waals surface area contributed by atoms with Crippen LogP contribution in [0.4, 0.5) is 0 Å². The van der Waals surface area contributed by atoms with Gasteiger partial charge in [0.05, 0.1) is 12.5 Å². The van der Waals surface area contributed by atoms with E-state index >= 15 is 0 Å². The maximum absolute atomic E-state index is 12.9. The van der Waals surface area contributed by atoms with Crippen molar-refractivity contribution in [1.82, 2.24) is 15.5 Å². The molecule has 0 aromatic carbocycles. The standard InChI is InChI=1S/C19H29N5O10/c20-9(3-5-14(26)27)16(30)23-11(8-13(21)25)17(31)22-10(4-6-15(28)29)18(32)24-7-1-2-12(24)19(33)34/h9-12H,1-8,20H2,(H2,21,25)(H,22,31)(H,23,30)(H,26,27)(H,28,29)(H,33,34). The van der Waals surface area contributed by atoms with Crippen molar-refractivity contribution >= 4 is 41.5 Å². The summed E-state index contributed by atoms with van der Waals surface area (Å²) in [4.78, 5) is 83.5. The molecule has 9 N–H and O–H groups in total. The number of carbonyl (C=O) groups is 7. The number of amides is 4. The van der Waals surface area contributed by atoms with Gasteiger partial charge in [0.25, 0.3) is 0 Å². The van der Waals surface area contributed by atoms with Crippen molar-refractivity contribution in [3.05, 3.63) is 0 Å². The number of carboxylic acid groups (broad SMARTS) is 3. The molecule has 1 rings (SSSR count). The van der Waals surface area contributed by atoms with E-state index in [1.807, 2.05) is 0 Å². The van der Waals surface area contributed by atoms with E-state index in [9.17, 15) is 38.7 Å². The molecule has 4 atom stereocenters. The number of carbonyl (C=O) groups excluding carboxylic acids is 4. The molecule has 1 heterocycles. The minimum atomic E-state index is -1.59. The summed E-state index contributed by atoms with van der Waals surface area (Å²) in [7, 11) is 0.